The molecule has 3 aromatic rings. The Morgan fingerprint density at radius 1 is 1.37 bits per heavy atom. The van der Waals surface area contributed by atoms with Gasteiger partial charge in [0.2, 0.25) is 5.95 Å². The predicted octanol–water partition coefficient (Wildman–Crippen LogP) is 2.01. The number of aryl methyl sites for hydroxylation is 1. The SMILES string of the molecule is Cc1ccc(C(C)Nc2nc(N)nc3nc[nH]c23)o1. The maximum Gasteiger partial charge on any atom is 0.224 e. The molecule has 0 fully saturated rings. The summed E-state index contributed by atoms with van der Waals surface area (Å²) in [6.45, 7) is 3.89. The summed E-state index contributed by atoms with van der Waals surface area (Å²) in [7, 11) is 0. The lowest BCUT2D eigenvalue weighted by Gasteiger charge is -2.12. The summed E-state index contributed by atoms with van der Waals surface area (Å²) in [4.78, 5) is 15.3. The number of nitrogens with two attached hydrogens (primary N) is 1. The van der Waals surface area contributed by atoms with Gasteiger partial charge in [0.1, 0.15) is 17.0 Å². The first-order valence-electron chi connectivity index (χ1n) is 5.93. The second-order valence-corrected chi connectivity index (χ2v) is 4.35. The third kappa shape index (κ3) is 2.10. The fourth-order valence-electron chi connectivity index (χ4n) is 1.92. The number of nitrogen functional groups attached to an aromatic ring is 1. The topological polar surface area (TPSA) is 106 Å². The molecule has 0 aromatic carbocycles. The van der Waals surface area contributed by atoms with Crippen LogP contribution in [0.5, 0.6) is 0 Å². The third-order valence-corrected chi connectivity index (χ3v) is 2.84. The van der Waals surface area contributed by atoms with E-state index in [1.807, 2.05) is 26.0 Å². The Balaban J connectivity index is 1.94. The van der Waals surface area contributed by atoms with Gasteiger partial charge in [-0.25, -0.2) is 4.98 Å². The molecule has 1 unspecified atom stereocenters. The van der Waals surface area contributed by atoms with Crippen molar-refractivity contribution in [3.63, 3.8) is 0 Å². The summed E-state index contributed by atoms with van der Waals surface area (Å²) >= 11 is 0. The summed E-state index contributed by atoms with van der Waals surface area (Å²) in [5, 5.41) is 3.25. The number of H-pyrrole nitrogens is 1. The molecule has 0 amide bonds. The molecule has 0 aliphatic carbocycles. The molecule has 0 radical (unpaired) electrons. The van der Waals surface area contributed by atoms with E-state index >= 15 is 0 Å². The Morgan fingerprint density at radius 3 is 2.95 bits per heavy atom. The van der Waals surface area contributed by atoms with Gasteiger partial charge in [0.15, 0.2) is 11.5 Å². The van der Waals surface area contributed by atoms with Gasteiger partial charge in [-0.1, -0.05) is 0 Å². The van der Waals surface area contributed by atoms with E-state index in [1.165, 1.54) is 0 Å². The first-order valence-corrected chi connectivity index (χ1v) is 5.93. The summed E-state index contributed by atoms with van der Waals surface area (Å²) < 4.78 is 5.58. The van der Waals surface area contributed by atoms with Crippen molar-refractivity contribution in [1.82, 2.24) is 19.9 Å². The minimum absolute atomic E-state index is 0.0329. The van der Waals surface area contributed by atoms with Crippen molar-refractivity contribution < 1.29 is 4.42 Å². The highest BCUT2D eigenvalue weighted by molar-refractivity contribution is 5.83. The van der Waals surface area contributed by atoms with E-state index in [-0.39, 0.29) is 12.0 Å². The van der Waals surface area contributed by atoms with E-state index in [4.69, 9.17) is 10.2 Å². The molecule has 1 atom stereocenters. The summed E-state index contributed by atoms with van der Waals surface area (Å²) in [6, 6.07) is 3.82. The van der Waals surface area contributed by atoms with Crippen LogP contribution in [0.1, 0.15) is 24.5 Å². The zero-order chi connectivity index (χ0) is 13.4. The van der Waals surface area contributed by atoms with Crippen LogP contribution in [0, 0.1) is 6.92 Å². The lowest BCUT2D eigenvalue weighted by molar-refractivity contribution is 0.466. The average molecular weight is 258 g/mol. The van der Waals surface area contributed by atoms with E-state index in [9.17, 15) is 0 Å². The Bertz CT molecular complexity index is 716. The van der Waals surface area contributed by atoms with Gasteiger partial charge in [0, 0.05) is 0 Å². The number of hydrogen-bond donors (Lipinski definition) is 3. The van der Waals surface area contributed by atoms with Crippen LogP contribution in [0.15, 0.2) is 22.9 Å². The van der Waals surface area contributed by atoms with Gasteiger partial charge in [-0.3, -0.25) is 0 Å². The standard InChI is InChI=1S/C12H14N6O/c1-6-3-4-8(19-6)7(2)16-11-9-10(15-5-14-9)17-12(13)18-11/h3-5,7H,1-2H3,(H4,13,14,15,16,17,18). The van der Waals surface area contributed by atoms with Crippen molar-refractivity contribution in [2.45, 2.75) is 19.9 Å². The number of aromatic amines is 1. The number of nitrogens with one attached hydrogen (secondary N) is 2. The molecule has 0 saturated heterocycles. The molecule has 98 valence electrons. The second-order valence-electron chi connectivity index (χ2n) is 4.35. The number of rotatable bonds is 3. The van der Waals surface area contributed by atoms with E-state index in [0.717, 1.165) is 17.0 Å². The van der Waals surface area contributed by atoms with Crippen molar-refractivity contribution >= 4 is 22.9 Å². The largest absolute Gasteiger partial charge is 0.464 e. The van der Waals surface area contributed by atoms with Crippen molar-refractivity contribution in [2.75, 3.05) is 11.1 Å². The van der Waals surface area contributed by atoms with Gasteiger partial charge in [-0.05, 0) is 26.0 Å². The molecule has 7 nitrogen and oxygen atoms in total. The van der Waals surface area contributed by atoms with E-state index in [2.05, 4.69) is 25.3 Å². The Labute approximate surface area is 109 Å². The van der Waals surface area contributed by atoms with E-state index < -0.39 is 0 Å². The number of hydrogen-bond acceptors (Lipinski definition) is 6. The van der Waals surface area contributed by atoms with Gasteiger partial charge in [-0.2, -0.15) is 9.97 Å². The molecule has 0 spiro atoms. The Kier molecular flexibility index (Phi) is 2.59. The summed E-state index contributed by atoms with van der Waals surface area (Å²) in [5.74, 6) is 2.51. The molecule has 7 heteroatoms. The highest BCUT2D eigenvalue weighted by Crippen LogP contribution is 2.24. The highest BCUT2D eigenvalue weighted by atomic mass is 16.3. The first kappa shape index (κ1) is 11.5. The molecule has 0 bridgehead atoms. The molecule has 0 aliphatic heterocycles. The van der Waals surface area contributed by atoms with Crippen LogP contribution < -0.4 is 11.1 Å². The van der Waals surface area contributed by atoms with Gasteiger partial charge < -0.3 is 20.5 Å². The van der Waals surface area contributed by atoms with Crippen LogP contribution >= 0.6 is 0 Å². The summed E-state index contributed by atoms with van der Waals surface area (Å²) in [6.07, 6.45) is 1.56. The van der Waals surface area contributed by atoms with Crippen LogP contribution in [0.4, 0.5) is 11.8 Å². The van der Waals surface area contributed by atoms with Crippen LogP contribution in [-0.4, -0.2) is 19.9 Å². The molecule has 0 saturated carbocycles. The minimum atomic E-state index is -0.0329. The maximum absolute atomic E-state index is 5.66. The predicted molar refractivity (Wildman–Crippen MR) is 71.6 cm³/mol. The van der Waals surface area contributed by atoms with Crippen LogP contribution in [-0.2, 0) is 0 Å². The quantitative estimate of drug-likeness (QED) is 0.663. The van der Waals surface area contributed by atoms with Gasteiger partial charge in [0.05, 0.1) is 12.4 Å². The molecule has 19 heavy (non-hydrogen) atoms. The number of anilines is 2. The fourth-order valence-corrected chi connectivity index (χ4v) is 1.92. The molecule has 0 aliphatic rings. The normalized spacial score (nSPS) is 12.7. The fraction of sp³-hybridized carbons (Fsp3) is 0.250. The zero-order valence-electron chi connectivity index (χ0n) is 10.6. The lowest BCUT2D eigenvalue weighted by atomic mass is 10.2. The number of imidazole rings is 1. The molecule has 4 N–H and O–H groups in total. The smallest absolute Gasteiger partial charge is 0.224 e. The number of fused-ring (bicyclic) bond motifs is 1. The highest BCUT2D eigenvalue weighted by Gasteiger charge is 2.14. The van der Waals surface area contributed by atoms with Crippen LogP contribution in [0.2, 0.25) is 0 Å². The molecular weight excluding hydrogens is 244 g/mol. The van der Waals surface area contributed by atoms with Crippen molar-refractivity contribution in [1.29, 1.82) is 0 Å². The Hall–Kier alpha value is -2.57. The number of nitrogens with zero attached hydrogens (tertiary/aromatic N) is 3. The zero-order valence-corrected chi connectivity index (χ0v) is 10.6. The van der Waals surface area contributed by atoms with Crippen LogP contribution in [0.25, 0.3) is 11.2 Å². The van der Waals surface area contributed by atoms with E-state index in [0.29, 0.717) is 11.5 Å². The maximum atomic E-state index is 5.66. The van der Waals surface area contributed by atoms with Crippen LogP contribution in [0.3, 0.4) is 0 Å². The van der Waals surface area contributed by atoms with Crippen molar-refractivity contribution in [3.8, 4) is 0 Å². The summed E-state index contributed by atoms with van der Waals surface area (Å²) in [5.41, 5.74) is 6.93. The minimum Gasteiger partial charge on any atom is -0.464 e. The van der Waals surface area contributed by atoms with Crippen molar-refractivity contribution in [2.24, 2.45) is 0 Å². The van der Waals surface area contributed by atoms with E-state index in [1.54, 1.807) is 6.33 Å². The number of aromatic nitrogens is 4. The third-order valence-electron chi connectivity index (χ3n) is 2.84. The molecule has 3 heterocycles. The average Bonchev–Trinajstić information content (AvgIpc) is 2.97. The first-order chi connectivity index (χ1) is 9.13. The second kappa shape index (κ2) is 4.27. The molecular formula is C12H14N6O. The Morgan fingerprint density at radius 2 is 2.21 bits per heavy atom. The lowest BCUT2D eigenvalue weighted by Crippen LogP contribution is -2.09. The molecule has 3 rings (SSSR count). The molecule has 3 aromatic heterocycles. The monoisotopic (exact) mass is 258 g/mol. The van der Waals surface area contributed by atoms with Gasteiger partial charge in [-0.15, -0.1) is 0 Å². The van der Waals surface area contributed by atoms with Gasteiger partial charge in [0.25, 0.3) is 0 Å². The van der Waals surface area contributed by atoms with Crippen molar-refractivity contribution in [3.05, 3.63) is 30.0 Å². The van der Waals surface area contributed by atoms with Gasteiger partial charge >= 0.3 is 0 Å². The number of furan rings is 1.